The van der Waals surface area contributed by atoms with Crippen LogP contribution in [0.1, 0.15) is 78.9 Å². The molecule has 5 rings (SSSR count). The number of nitrogens with zero attached hydrogens (tertiary/aromatic N) is 1. The number of amides is 1. The van der Waals surface area contributed by atoms with Gasteiger partial charge in [0.2, 0.25) is 0 Å². The molecular weight excluding hydrogens is 629 g/mol. The summed E-state index contributed by atoms with van der Waals surface area (Å²) in [6.45, 7) is 15.3. The number of ether oxygens (including phenoxy) is 1. The summed E-state index contributed by atoms with van der Waals surface area (Å²) in [5, 5.41) is 9.71. The van der Waals surface area contributed by atoms with Gasteiger partial charge in [-0.15, -0.1) is 0 Å². The van der Waals surface area contributed by atoms with Crippen molar-refractivity contribution < 1.29 is 9.53 Å². The molecule has 1 atom stereocenters. The first-order chi connectivity index (χ1) is 23.5. The first kappa shape index (κ1) is 35.6. The number of benzene rings is 4. The van der Waals surface area contributed by atoms with E-state index in [4.69, 9.17) is 4.74 Å². The second kappa shape index (κ2) is 15.2. The summed E-state index contributed by atoms with van der Waals surface area (Å²) in [5.74, 6) is 1.08. The molecule has 0 saturated carbocycles. The number of hydrogen-bond acceptors (Lipinski definition) is 5. The van der Waals surface area contributed by atoms with Gasteiger partial charge in [-0.2, -0.15) is 0 Å². The molecule has 256 valence electrons. The Kier molecular flexibility index (Phi) is 11.1. The Morgan fingerprint density at radius 1 is 0.816 bits per heavy atom. The summed E-state index contributed by atoms with van der Waals surface area (Å²) < 4.78 is 8.04. The number of aromatic amines is 1. The second-order valence-electron chi connectivity index (χ2n) is 13.6. The molecule has 0 bridgehead atoms. The van der Waals surface area contributed by atoms with Crippen LogP contribution < -0.4 is 20.9 Å². The largest absolute Gasteiger partial charge is 0.480 e. The molecule has 7 nitrogen and oxygen atoms in total. The standard InChI is InChI=1S/C41H48N4O3S/c1-8-34(48-35-25-24-28(40(4,5)9-2)26-33(35)41(6,7)10-3)38(46)43-30-19-17-18-29(27-30)42-37-36(49-32-22-15-12-16-23-32)39(47)45(44-37)31-20-13-11-14-21-31/h11-27,34,42,44H,8-10H2,1-7H3,(H,43,46). The maximum absolute atomic E-state index is 13.7. The van der Waals surface area contributed by atoms with E-state index in [0.717, 1.165) is 34.7 Å². The van der Waals surface area contributed by atoms with Crippen LogP contribution in [-0.4, -0.2) is 21.8 Å². The third kappa shape index (κ3) is 8.31. The maximum Gasteiger partial charge on any atom is 0.287 e. The van der Waals surface area contributed by atoms with Crippen molar-refractivity contribution in [2.75, 3.05) is 10.6 Å². The van der Waals surface area contributed by atoms with E-state index in [0.29, 0.717) is 28.5 Å². The van der Waals surface area contributed by atoms with Gasteiger partial charge in [0.15, 0.2) is 6.10 Å². The van der Waals surface area contributed by atoms with Crippen LogP contribution in [0.15, 0.2) is 118 Å². The summed E-state index contributed by atoms with van der Waals surface area (Å²) in [7, 11) is 0. The number of H-pyrrole nitrogens is 1. The average molecular weight is 677 g/mol. The minimum absolute atomic E-state index is 0.0376. The molecule has 0 aliphatic carbocycles. The summed E-state index contributed by atoms with van der Waals surface area (Å²) in [6.07, 6.45) is 1.79. The van der Waals surface area contributed by atoms with Gasteiger partial charge in [0, 0.05) is 21.8 Å². The lowest BCUT2D eigenvalue weighted by atomic mass is 9.76. The van der Waals surface area contributed by atoms with Crippen LogP contribution in [0.5, 0.6) is 5.75 Å². The summed E-state index contributed by atoms with van der Waals surface area (Å²) in [6, 6.07) is 33.2. The molecule has 1 aromatic heterocycles. The van der Waals surface area contributed by atoms with Gasteiger partial charge >= 0.3 is 0 Å². The SMILES string of the molecule is CCC(Oc1ccc(C(C)(C)CC)cc1C(C)(C)CC)C(=O)Nc1cccc(Nc2[nH]n(-c3ccccc3)c(=O)c2Sc2ccccc2)c1. The molecule has 5 aromatic rings. The van der Waals surface area contributed by atoms with Gasteiger partial charge in [-0.25, -0.2) is 4.68 Å². The van der Waals surface area contributed by atoms with E-state index in [9.17, 15) is 9.59 Å². The Morgan fingerprint density at radius 3 is 2.12 bits per heavy atom. The van der Waals surface area contributed by atoms with Gasteiger partial charge in [0.25, 0.3) is 11.5 Å². The normalized spacial score (nSPS) is 12.4. The number of carbonyl (C=O) groups excluding carboxylic acids is 1. The predicted molar refractivity (Wildman–Crippen MR) is 203 cm³/mol. The third-order valence-corrected chi connectivity index (χ3v) is 10.5. The molecule has 4 aromatic carbocycles. The van der Waals surface area contributed by atoms with Crippen molar-refractivity contribution in [2.45, 2.75) is 94.5 Å². The number of rotatable bonds is 14. The van der Waals surface area contributed by atoms with Crippen molar-refractivity contribution in [3.05, 3.63) is 125 Å². The van der Waals surface area contributed by atoms with E-state index in [-0.39, 0.29) is 22.3 Å². The van der Waals surface area contributed by atoms with Gasteiger partial charge in [-0.05, 0) is 84.2 Å². The number of nitrogens with one attached hydrogen (secondary N) is 3. The van der Waals surface area contributed by atoms with Gasteiger partial charge in [-0.3, -0.25) is 14.7 Å². The first-order valence-corrected chi connectivity index (χ1v) is 17.9. The van der Waals surface area contributed by atoms with E-state index in [1.54, 1.807) is 0 Å². The van der Waals surface area contributed by atoms with Crippen LogP contribution in [-0.2, 0) is 15.6 Å². The Labute approximate surface area is 294 Å². The van der Waals surface area contributed by atoms with Crippen molar-refractivity contribution in [1.29, 1.82) is 0 Å². The van der Waals surface area contributed by atoms with Crippen molar-refractivity contribution in [3.63, 3.8) is 0 Å². The summed E-state index contributed by atoms with van der Waals surface area (Å²) in [5.41, 5.74) is 4.21. The van der Waals surface area contributed by atoms with E-state index in [1.165, 1.54) is 22.0 Å². The summed E-state index contributed by atoms with van der Waals surface area (Å²) in [4.78, 5) is 28.8. The molecule has 0 aliphatic rings. The van der Waals surface area contributed by atoms with E-state index in [2.05, 4.69) is 69.4 Å². The highest BCUT2D eigenvalue weighted by Crippen LogP contribution is 2.39. The van der Waals surface area contributed by atoms with Crippen molar-refractivity contribution >= 4 is 34.9 Å². The second-order valence-corrected chi connectivity index (χ2v) is 14.7. The van der Waals surface area contributed by atoms with Crippen LogP contribution in [0.4, 0.5) is 17.2 Å². The average Bonchev–Trinajstić information content (AvgIpc) is 3.41. The quantitative estimate of drug-likeness (QED) is 0.109. The van der Waals surface area contributed by atoms with Gasteiger partial charge in [0.05, 0.1) is 5.69 Å². The van der Waals surface area contributed by atoms with Crippen LogP contribution in [0, 0.1) is 0 Å². The van der Waals surface area contributed by atoms with E-state index >= 15 is 0 Å². The van der Waals surface area contributed by atoms with E-state index < -0.39 is 6.10 Å². The number of aromatic nitrogens is 2. The molecule has 0 aliphatic heterocycles. The first-order valence-electron chi connectivity index (χ1n) is 17.1. The lowest BCUT2D eigenvalue weighted by Crippen LogP contribution is -2.33. The van der Waals surface area contributed by atoms with Crippen molar-refractivity contribution in [1.82, 2.24) is 9.78 Å². The molecule has 0 fully saturated rings. The van der Waals surface area contributed by atoms with Crippen LogP contribution >= 0.6 is 11.8 Å². The Hall–Kier alpha value is -4.69. The zero-order valence-corrected chi connectivity index (χ0v) is 30.4. The molecule has 1 amide bonds. The molecule has 8 heteroatoms. The Balaban J connectivity index is 1.38. The molecule has 49 heavy (non-hydrogen) atoms. The van der Waals surface area contributed by atoms with Crippen LogP contribution in [0.25, 0.3) is 5.69 Å². The van der Waals surface area contributed by atoms with Gasteiger partial charge in [0.1, 0.15) is 16.5 Å². The maximum atomic E-state index is 13.7. The highest BCUT2D eigenvalue weighted by molar-refractivity contribution is 7.99. The predicted octanol–water partition coefficient (Wildman–Crippen LogP) is 10.2. The number of para-hydroxylation sites is 1. The Morgan fingerprint density at radius 2 is 1.47 bits per heavy atom. The smallest absolute Gasteiger partial charge is 0.287 e. The van der Waals surface area contributed by atoms with Crippen LogP contribution in [0.3, 0.4) is 0 Å². The van der Waals surface area contributed by atoms with Crippen molar-refractivity contribution in [3.8, 4) is 11.4 Å². The molecule has 0 radical (unpaired) electrons. The zero-order chi connectivity index (χ0) is 35.2. The monoisotopic (exact) mass is 676 g/mol. The fraction of sp³-hybridized carbons (Fsp3) is 0.317. The highest BCUT2D eigenvalue weighted by Gasteiger charge is 2.29. The lowest BCUT2D eigenvalue weighted by Gasteiger charge is -2.31. The molecule has 0 spiro atoms. The number of hydrogen-bond donors (Lipinski definition) is 3. The molecular formula is C41H48N4O3S. The molecule has 3 N–H and O–H groups in total. The summed E-state index contributed by atoms with van der Waals surface area (Å²) >= 11 is 1.39. The zero-order valence-electron chi connectivity index (χ0n) is 29.6. The highest BCUT2D eigenvalue weighted by atomic mass is 32.2. The fourth-order valence-electron chi connectivity index (χ4n) is 5.46. The number of anilines is 3. The van der Waals surface area contributed by atoms with E-state index in [1.807, 2.05) is 97.9 Å². The minimum Gasteiger partial charge on any atom is -0.480 e. The van der Waals surface area contributed by atoms with Crippen LogP contribution in [0.2, 0.25) is 0 Å². The van der Waals surface area contributed by atoms with Crippen molar-refractivity contribution in [2.24, 2.45) is 0 Å². The fourth-order valence-corrected chi connectivity index (χ4v) is 6.37. The molecule has 1 unspecified atom stereocenters. The third-order valence-electron chi connectivity index (χ3n) is 9.42. The lowest BCUT2D eigenvalue weighted by molar-refractivity contribution is -0.122. The molecule has 1 heterocycles. The Bertz CT molecular complexity index is 1930. The van der Waals surface area contributed by atoms with Gasteiger partial charge in [-0.1, -0.05) is 115 Å². The number of carbonyl (C=O) groups is 1. The topological polar surface area (TPSA) is 88.2 Å². The van der Waals surface area contributed by atoms with Gasteiger partial charge < -0.3 is 15.4 Å². The minimum atomic E-state index is -0.682. The molecule has 0 saturated heterocycles.